The third-order valence-electron chi connectivity index (χ3n) is 4.18. The number of aliphatic imine (C=N–C) groups is 1. The first-order valence-electron chi connectivity index (χ1n) is 8.68. The molecule has 0 bridgehead atoms. The first-order valence-corrected chi connectivity index (χ1v) is 8.68. The summed E-state index contributed by atoms with van der Waals surface area (Å²) in [4.78, 5) is 8.80. The van der Waals surface area contributed by atoms with Gasteiger partial charge in [0.15, 0.2) is 5.96 Å². The number of aromatic nitrogens is 1. The number of para-hydroxylation sites is 1. The van der Waals surface area contributed by atoms with Gasteiger partial charge in [0.1, 0.15) is 0 Å². The Balaban J connectivity index is 1.48. The number of rotatable bonds is 6. The summed E-state index contributed by atoms with van der Waals surface area (Å²) in [5, 5.41) is 7.93. The first kappa shape index (κ1) is 17.0. The Kier molecular flexibility index (Phi) is 5.99. The molecule has 25 heavy (non-hydrogen) atoms. The van der Waals surface area contributed by atoms with Crippen molar-refractivity contribution >= 4 is 16.9 Å². The highest BCUT2D eigenvalue weighted by atomic mass is 15.2. The highest BCUT2D eigenvalue weighted by Crippen LogP contribution is 2.15. The fourth-order valence-corrected chi connectivity index (χ4v) is 2.88. The van der Waals surface area contributed by atoms with Crippen LogP contribution in [0.3, 0.4) is 0 Å². The van der Waals surface area contributed by atoms with Crippen LogP contribution in [-0.2, 0) is 12.8 Å². The van der Waals surface area contributed by atoms with Crippen LogP contribution in [0.25, 0.3) is 10.9 Å². The zero-order valence-corrected chi connectivity index (χ0v) is 14.6. The lowest BCUT2D eigenvalue weighted by atomic mass is 10.1. The lowest BCUT2D eigenvalue weighted by Gasteiger charge is -2.12. The molecule has 0 aliphatic rings. The van der Waals surface area contributed by atoms with Crippen LogP contribution in [0.1, 0.15) is 11.1 Å². The highest BCUT2D eigenvalue weighted by molar-refractivity contribution is 5.82. The Hall–Kier alpha value is -2.88. The topological polar surface area (TPSA) is 49.3 Å². The number of hydrogen-bond donors (Lipinski definition) is 2. The molecule has 0 amide bonds. The van der Waals surface area contributed by atoms with Gasteiger partial charge in [-0.3, -0.25) is 9.98 Å². The second-order valence-corrected chi connectivity index (χ2v) is 5.90. The lowest BCUT2D eigenvalue weighted by molar-refractivity contribution is 0.785. The average Bonchev–Trinajstić information content (AvgIpc) is 2.68. The van der Waals surface area contributed by atoms with Gasteiger partial charge in [0.05, 0.1) is 5.52 Å². The molecule has 4 nitrogen and oxygen atoms in total. The van der Waals surface area contributed by atoms with Gasteiger partial charge in [-0.15, -0.1) is 0 Å². The van der Waals surface area contributed by atoms with Crippen molar-refractivity contribution in [3.05, 3.63) is 78.0 Å². The van der Waals surface area contributed by atoms with Crippen molar-refractivity contribution in [2.75, 3.05) is 20.1 Å². The smallest absolute Gasteiger partial charge is 0.190 e. The van der Waals surface area contributed by atoms with Gasteiger partial charge in [-0.2, -0.15) is 0 Å². The largest absolute Gasteiger partial charge is 0.356 e. The van der Waals surface area contributed by atoms with Crippen molar-refractivity contribution in [1.29, 1.82) is 0 Å². The molecule has 0 spiro atoms. The predicted octanol–water partition coefficient (Wildman–Crippen LogP) is 3.19. The SMILES string of the molecule is CN=C(NCCc1ccccc1)NCCc1cccc2cccnc12. The summed E-state index contributed by atoms with van der Waals surface area (Å²) < 4.78 is 0. The van der Waals surface area contributed by atoms with E-state index in [9.17, 15) is 0 Å². The molecule has 0 fully saturated rings. The number of nitrogens with one attached hydrogen (secondary N) is 2. The van der Waals surface area contributed by atoms with Crippen LogP contribution in [0.5, 0.6) is 0 Å². The molecule has 0 unspecified atom stereocenters. The van der Waals surface area contributed by atoms with Crippen LogP contribution in [0, 0.1) is 0 Å². The molecule has 0 aliphatic heterocycles. The normalized spacial score (nSPS) is 11.5. The first-order chi connectivity index (χ1) is 12.4. The second-order valence-electron chi connectivity index (χ2n) is 5.90. The van der Waals surface area contributed by atoms with Gasteiger partial charge in [-0.25, -0.2) is 0 Å². The zero-order chi connectivity index (χ0) is 17.3. The van der Waals surface area contributed by atoms with Crippen LogP contribution >= 0.6 is 0 Å². The van der Waals surface area contributed by atoms with Gasteiger partial charge in [0, 0.05) is 31.7 Å². The molecule has 1 aromatic heterocycles. The Bertz CT molecular complexity index is 822. The standard InChI is InChI=1S/C21H24N4/c1-22-21(24-15-12-17-7-3-2-4-8-17)25-16-13-19-10-5-9-18-11-6-14-23-20(18)19/h2-11,14H,12-13,15-16H2,1H3,(H2,22,24,25). The van der Waals surface area contributed by atoms with Crippen LogP contribution in [0.2, 0.25) is 0 Å². The summed E-state index contributed by atoms with van der Waals surface area (Å²) in [7, 11) is 1.80. The van der Waals surface area contributed by atoms with Crippen LogP contribution in [0.15, 0.2) is 71.9 Å². The summed E-state index contributed by atoms with van der Waals surface area (Å²) >= 11 is 0. The molecule has 0 saturated carbocycles. The Labute approximate surface area is 149 Å². The van der Waals surface area contributed by atoms with Crippen molar-refractivity contribution in [3.8, 4) is 0 Å². The number of fused-ring (bicyclic) bond motifs is 1. The molecule has 1 heterocycles. The summed E-state index contributed by atoms with van der Waals surface area (Å²) in [6.07, 6.45) is 3.74. The number of benzene rings is 2. The van der Waals surface area contributed by atoms with Gasteiger partial charge < -0.3 is 10.6 Å². The van der Waals surface area contributed by atoms with Crippen LogP contribution in [0.4, 0.5) is 0 Å². The molecule has 4 heteroatoms. The van der Waals surface area contributed by atoms with Crippen molar-refractivity contribution < 1.29 is 0 Å². The van der Waals surface area contributed by atoms with E-state index >= 15 is 0 Å². The molecular weight excluding hydrogens is 308 g/mol. The van der Waals surface area contributed by atoms with E-state index in [-0.39, 0.29) is 0 Å². The Morgan fingerprint density at radius 1 is 0.880 bits per heavy atom. The fourth-order valence-electron chi connectivity index (χ4n) is 2.88. The van der Waals surface area contributed by atoms with E-state index in [0.29, 0.717) is 0 Å². The maximum Gasteiger partial charge on any atom is 0.190 e. The van der Waals surface area contributed by atoms with Crippen molar-refractivity contribution in [3.63, 3.8) is 0 Å². The average molecular weight is 332 g/mol. The van der Waals surface area contributed by atoms with Gasteiger partial charge in [0.25, 0.3) is 0 Å². The van der Waals surface area contributed by atoms with Gasteiger partial charge in [0.2, 0.25) is 0 Å². The number of nitrogens with zero attached hydrogens (tertiary/aromatic N) is 2. The van der Waals surface area contributed by atoms with E-state index in [1.807, 2.05) is 18.3 Å². The van der Waals surface area contributed by atoms with Gasteiger partial charge in [-0.05, 0) is 30.0 Å². The Morgan fingerprint density at radius 3 is 2.44 bits per heavy atom. The van der Waals surface area contributed by atoms with Crippen molar-refractivity contribution in [2.24, 2.45) is 4.99 Å². The lowest BCUT2D eigenvalue weighted by Crippen LogP contribution is -2.39. The monoisotopic (exact) mass is 332 g/mol. The zero-order valence-electron chi connectivity index (χ0n) is 14.6. The maximum atomic E-state index is 4.51. The number of hydrogen-bond acceptors (Lipinski definition) is 2. The van der Waals surface area contributed by atoms with E-state index in [2.05, 4.69) is 69.1 Å². The van der Waals surface area contributed by atoms with E-state index in [0.717, 1.165) is 37.4 Å². The summed E-state index contributed by atoms with van der Waals surface area (Å²) in [5.74, 6) is 0.837. The molecule has 2 aromatic carbocycles. The van der Waals surface area contributed by atoms with Crippen LogP contribution in [-0.4, -0.2) is 31.1 Å². The molecule has 128 valence electrons. The summed E-state index contributed by atoms with van der Waals surface area (Å²) in [6.45, 7) is 1.68. The van der Waals surface area contributed by atoms with Crippen LogP contribution < -0.4 is 10.6 Å². The van der Waals surface area contributed by atoms with E-state index in [1.54, 1.807) is 7.05 Å². The number of guanidine groups is 1. The minimum atomic E-state index is 0.820. The summed E-state index contributed by atoms with van der Waals surface area (Å²) in [5.41, 5.74) is 3.66. The Morgan fingerprint density at radius 2 is 1.64 bits per heavy atom. The van der Waals surface area contributed by atoms with Gasteiger partial charge in [-0.1, -0.05) is 54.6 Å². The third-order valence-corrected chi connectivity index (χ3v) is 4.18. The molecule has 0 atom stereocenters. The molecule has 3 aromatic rings. The molecule has 3 rings (SSSR count). The molecule has 0 aliphatic carbocycles. The predicted molar refractivity (Wildman–Crippen MR) is 105 cm³/mol. The molecular formula is C21H24N4. The summed E-state index contributed by atoms with van der Waals surface area (Å²) in [6, 6.07) is 20.9. The fraction of sp³-hybridized carbons (Fsp3) is 0.238. The molecule has 2 N–H and O–H groups in total. The third kappa shape index (κ3) is 4.80. The minimum absolute atomic E-state index is 0.820. The highest BCUT2D eigenvalue weighted by Gasteiger charge is 2.03. The van der Waals surface area contributed by atoms with E-state index in [1.165, 1.54) is 16.5 Å². The quantitative estimate of drug-likeness (QED) is 0.538. The molecule has 0 radical (unpaired) electrons. The van der Waals surface area contributed by atoms with Gasteiger partial charge >= 0.3 is 0 Å². The van der Waals surface area contributed by atoms with E-state index < -0.39 is 0 Å². The number of pyridine rings is 1. The second kappa shape index (κ2) is 8.83. The van der Waals surface area contributed by atoms with Crippen molar-refractivity contribution in [1.82, 2.24) is 15.6 Å². The minimum Gasteiger partial charge on any atom is -0.356 e. The van der Waals surface area contributed by atoms with Crippen molar-refractivity contribution in [2.45, 2.75) is 12.8 Å². The maximum absolute atomic E-state index is 4.51. The molecule has 0 saturated heterocycles. The van der Waals surface area contributed by atoms with E-state index in [4.69, 9.17) is 0 Å².